The van der Waals surface area contributed by atoms with E-state index in [9.17, 15) is 0 Å². The van der Waals surface area contributed by atoms with Gasteiger partial charge in [-0.2, -0.15) is 0 Å². The quantitative estimate of drug-likeness (QED) is 0.454. The summed E-state index contributed by atoms with van der Waals surface area (Å²) in [4.78, 5) is 0. The molecule has 1 fully saturated rings. The van der Waals surface area contributed by atoms with Crippen LogP contribution in [0.1, 0.15) is 19.3 Å². The Morgan fingerprint density at radius 1 is 1.55 bits per heavy atom. The largest absolute Gasteiger partial charge is 0.371 e. The molecule has 2 unspecified atom stereocenters. The van der Waals surface area contributed by atoms with Crippen molar-refractivity contribution in [1.29, 1.82) is 0 Å². The van der Waals surface area contributed by atoms with E-state index in [1.54, 1.807) is 0 Å². The van der Waals surface area contributed by atoms with Crippen LogP contribution in [0.2, 0.25) is 0 Å². The summed E-state index contributed by atoms with van der Waals surface area (Å²) < 4.78 is 10.6. The highest BCUT2D eigenvalue weighted by atomic mass is 16.6. The van der Waals surface area contributed by atoms with E-state index in [2.05, 4.69) is 12.2 Å². The predicted molar refractivity (Wildman–Crippen MR) is 42.5 cm³/mol. The molecule has 1 aliphatic carbocycles. The van der Waals surface area contributed by atoms with Gasteiger partial charge >= 0.3 is 0 Å². The molecule has 0 N–H and O–H groups in total. The lowest BCUT2D eigenvalue weighted by atomic mass is 10.1. The first-order valence-electron chi connectivity index (χ1n) is 4.35. The minimum absolute atomic E-state index is 0.368. The van der Waals surface area contributed by atoms with E-state index in [0.717, 1.165) is 13.2 Å². The molecular formula is C9H14O2. The predicted octanol–water partition coefficient (Wildman–Crippen LogP) is 1.51. The molecular weight excluding hydrogens is 140 g/mol. The first-order valence-corrected chi connectivity index (χ1v) is 4.35. The Kier molecular flexibility index (Phi) is 2.24. The molecule has 2 rings (SSSR count). The van der Waals surface area contributed by atoms with Gasteiger partial charge in [0.15, 0.2) is 0 Å². The Labute approximate surface area is 67.2 Å². The Morgan fingerprint density at radius 3 is 3.09 bits per heavy atom. The fourth-order valence-corrected chi connectivity index (χ4v) is 1.32. The summed E-state index contributed by atoms with van der Waals surface area (Å²) in [6.07, 6.45) is 8.84. The molecule has 11 heavy (non-hydrogen) atoms. The van der Waals surface area contributed by atoms with Gasteiger partial charge in [0.05, 0.1) is 19.3 Å². The summed E-state index contributed by atoms with van der Waals surface area (Å²) >= 11 is 0. The lowest BCUT2D eigenvalue weighted by Gasteiger charge is -2.16. The summed E-state index contributed by atoms with van der Waals surface area (Å²) in [7, 11) is 0. The zero-order chi connectivity index (χ0) is 7.52. The van der Waals surface area contributed by atoms with E-state index >= 15 is 0 Å². The van der Waals surface area contributed by atoms with Gasteiger partial charge in [-0.15, -0.1) is 0 Å². The van der Waals surface area contributed by atoms with Crippen molar-refractivity contribution in [1.82, 2.24) is 0 Å². The smallest absolute Gasteiger partial charge is 0.104 e. The van der Waals surface area contributed by atoms with Crippen LogP contribution in [0.25, 0.3) is 0 Å². The number of hydrogen-bond donors (Lipinski definition) is 0. The van der Waals surface area contributed by atoms with Crippen molar-refractivity contribution in [2.24, 2.45) is 0 Å². The molecule has 0 bridgehead atoms. The molecule has 2 heteroatoms. The second-order valence-corrected chi connectivity index (χ2v) is 3.19. The van der Waals surface area contributed by atoms with E-state index < -0.39 is 0 Å². The number of epoxide rings is 1. The van der Waals surface area contributed by atoms with Crippen molar-refractivity contribution in [2.45, 2.75) is 31.5 Å². The van der Waals surface area contributed by atoms with Crippen LogP contribution in [0.4, 0.5) is 0 Å². The number of allylic oxidation sites excluding steroid dienone is 1. The molecule has 2 nitrogen and oxygen atoms in total. The van der Waals surface area contributed by atoms with Gasteiger partial charge in [0.1, 0.15) is 6.10 Å². The zero-order valence-electron chi connectivity index (χ0n) is 6.66. The van der Waals surface area contributed by atoms with E-state index in [4.69, 9.17) is 9.47 Å². The van der Waals surface area contributed by atoms with Crippen LogP contribution in [-0.4, -0.2) is 25.4 Å². The zero-order valence-corrected chi connectivity index (χ0v) is 6.66. The van der Waals surface area contributed by atoms with Crippen molar-refractivity contribution in [2.75, 3.05) is 13.2 Å². The molecule has 1 heterocycles. The second-order valence-electron chi connectivity index (χ2n) is 3.19. The molecule has 0 amide bonds. The number of rotatable bonds is 3. The maximum atomic E-state index is 5.60. The van der Waals surface area contributed by atoms with Gasteiger partial charge in [0, 0.05) is 0 Å². The third kappa shape index (κ3) is 2.31. The van der Waals surface area contributed by atoms with Crippen LogP contribution in [0.15, 0.2) is 12.2 Å². The third-order valence-electron chi connectivity index (χ3n) is 2.11. The van der Waals surface area contributed by atoms with Gasteiger partial charge in [-0.3, -0.25) is 0 Å². The minimum Gasteiger partial charge on any atom is -0.371 e. The summed E-state index contributed by atoms with van der Waals surface area (Å²) in [5.41, 5.74) is 0. The topological polar surface area (TPSA) is 21.8 Å². The summed E-state index contributed by atoms with van der Waals surface area (Å²) in [6, 6.07) is 0. The van der Waals surface area contributed by atoms with Crippen LogP contribution in [0.3, 0.4) is 0 Å². The van der Waals surface area contributed by atoms with E-state index in [1.165, 1.54) is 19.3 Å². The van der Waals surface area contributed by atoms with Gasteiger partial charge in [-0.05, 0) is 19.3 Å². The number of ether oxygens (including phenoxy) is 2. The lowest BCUT2D eigenvalue weighted by Crippen LogP contribution is -2.15. The monoisotopic (exact) mass is 154 g/mol. The highest BCUT2D eigenvalue weighted by Crippen LogP contribution is 2.16. The molecule has 0 aromatic carbocycles. The van der Waals surface area contributed by atoms with Crippen LogP contribution in [0, 0.1) is 0 Å². The Bertz CT molecular complexity index is 150. The highest BCUT2D eigenvalue weighted by Gasteiger charge is 2.23. The molecule has 0 spiro atoms. The molecule has 0 radical (unpaired) electrons. The average molecular weight is 154 g/mol. The van der Waals surface area contributed by atoms with Gasteiger partial charge in [-0.25, -0.2) is 0 Å². The van der Waals surface area contributed by atoms with Crippen molar-refractivity contribution in [3.8, 4) is 0 Å². The molecule has 0 aromatic heterocycles. The van der Waals surface area contributed by atoms with E-state index in [1.807, 2.05) is 0 Å². The summed E-state index contributed by atoms with van der Waals surface area (Å²) in [5, 5.41) is 0. The SMILES string of the molecule is C1=CC(OCC2CO2)CCC1. The fourth-order valence-electron chi connectivity index (χ4n) is 1.32. The molecule has 0 aromatic rings. The maximum Gasteiger partial charge on any atom is 0.104 e. The fraction of sp³-hybridized carbons (Fsp3) is 0.778. The molecule has 1 saturated heterocycles. The third-order valence-corrected chi connectivity index (χ3v) is 2.11. The summed E-state index contributed by atoms with van der Waals surface area (Å²) in [6.45, 7) is 1.69. The Morgan fingerprint density at radius 2 is 2.45 bits per heavy atom. The molecule has 0 saturated carbocycles. The van der Waals surface area contributed by atoms with Crippen LogP contribution in [-0.2, 0) is 9.47 Å². The van der Waals surface area contributed by atoms with Gasteiger partial charge in [-0.1, -0.05) is 12.2 Å². The first kappa shape index (κ1) is 7.32. The second kappa shape index (κ2) is 3.37. The Balaban J connectivity index is 1.67. The molecule has 62 valence electrons. The van der Waals surface area contributed by atoms with Crippen LogP contribution >= 0.6 is 0 Å². The van der Waals surface area contributed by atoms with E-state index in [0.29, 0.717) is 12.2 Å². The Hall–Kier alpha value is -0.340. The van der Waals surface area contributed by atoms with Gasteiger partial charge in [0.2, 0.25) is 0 Å². The van der Waals surface area contributed by atoms with Crippen molar-refractivity contribution < 1.29 is 9.47 Å². The molecule has 2 atom stereocenters. The normalized spacial score (nSPS) is 35.6. The lowest BCUT2D eigenvalue weighted by molar-refractivity contribution is 0.0633. The molecule has 1 aliphatic heterocycles. The maximum absolute atomic E-state index is 5.60. The van der Waals surface area contributed by atoms with Crippen molar-refractivity contribution in [3.05, 3.63) is 12.2 Å². The van der Waals surface area contributed by atoms with Crippen LogP contribution < -0.4 is 0 Å². The van der Waals surface area contributed by atoms with Crippen molar-refractivity contribution >= 4 is 0 Å². The molecule has 2 aliphatic rings. The standard InChI is InChI=1S/C9H14O2/c1-2-4-8(5-3-1)10-6-9-7-11-9/h2,4,8-9H,1,3,5-7H2. The minimum atomic E-state index is 0.368. The van der Waals surface area contributed by atoms with E-state index in [-0.39, 0.29) is 0 Å². The van der Waals surface area contributed by atoms with Gasteiger partial charge < -0.3 is 9.47 Å². The average Bonchev–Trinajstić information content (AvgIpc) is 2.86. The van der Waals surface area contributed by atoms with Crippen LogP contribution in [0.5, 0.6) is 0 Å². The summed E-state index contributed by atoms with van der Waals surface area (Å²) in [5.74, 6) is 0. The number of hydrogen-bond acceptors (Lipinski definition) is 2. The highest BCUT2D eigenvalue weighted by molar-refractivity contribution is 4.94. The van der Waals surface area contributed by atoms with Gasteiger partial charge in [0.25, 0.3) is 0 Å². The van der Waals surface area contributed by atoms with Crippen molar-refractivity contribution in [3.63, 3.8) is 0 Å². The first-order chi connectivity index (χ1) is 5.45.